The Balaban J connectivity index is 1.56. The van der Waals surface area contributed by atoms with Gasteiger partial charge in [0, 0.05) is 5.56 Å². The molecule has 5 nitrogen and oxygen atoms in total. The van der Waals surface area contributed by atoms with Crippen molar-refractivity contribution in [3.8, 4) is 17.1 Å². The van der Waals surface area contributed by atoms with Gasteiger partial charge in [0.2, 0.25) is 0 Å². The number of amides is 1. The summed E-state index contributed by atoms with van der Waals surface area (Å²) < 4.78 is 11.4. The van der Waals surface area contributed by atoms with Crippen molar-refractivity contribution in [2.24, 2.45) is 5.10 Å². The normalized spacial score (nSPS) is 11.2. The third-order valence-corrected chi connectivity index (χ3v) is 4.63. The van der Waals surface area contributed by atoms with E-state index in [-0.39, 0.29) is 12.5 Å². The second-order valence-electron chi connectivity index (χ2n) is 6.96. The zero-order valence-corrected chi connectivity index (χ0v) is 17.4. The standard InChI is InChI=1S/C23H23ClN2O3/c1-15(2)18-10-8-16(3)12-22(18)28-14-23(27)26-25-13-17-9-11-21(29-17)19-6-4-5-7-20(19)24/h4-13,15H,14H2,1-3H3,(H,26,27)/b25-13+. The van der Waals surface area contributed by atoms with E-state index in [1.165, 1.54) is 6.21 Å². The first-order valence-electron chi connectivity index (χ1n) is 9.34. The largest absolute Gasteiger partial charge is 0.483 e. The molecular weight excluding hydrogens is 388 g/mol. The Kier molecular flexibility index (Phi) is 6.73. The van der Waals surface area contributed by atoms with Crippen LogP contribution in [-0.2, 0) is 4.79 Å². The highest BCUT2D eigenvalue weighted by Crippen LogP contribution is 2.29. The van der Waals surface area contributed by atoms with Crippen molar-refractivity contribution >= 4 is 23.7 Å². The first kappa shape index (κ1) is 20.7. The quantitative estimate of drug-likeness (QED) is 0.409. The molecule has 0 aliphatic carbocycles. The van der Waals surface area contributed by atoms with Gasteiger partial charge in [-0.1, -0.05) is 49.7 Å². The zero-order valence-electron chi connectivity index (χ0n) is 16.6. The molecule has 0 atom stereocenters. The lowest BCUT2D eigenvalue weighted by Gasteiger charge is -2.14. The number of hydrazone groups is 1. The van der Waals surface area contributed by atoms with Crippen molar-refractivity contribution in [3.05, 3.63) is 76.5 Å². The lowest BCUT2D eigenvalue weighted by molar-refractivity contribution is -0.123. The van der Waals surface area contributed by atoms with Crippen LogP contribution in [0.2, 0.25) is 5.02 Å². The summed E-state index contributed by atoms with van der Waals surface area (Å²) in [6.07, 6.45) is 1.43. The molecule has 0 aliphatic heterocycles. The molecule has 0 unspecified atom stereocenters. The average Bonchev–Trinajstić information content (AvgIpc) is 3.15. The second kappa shape index (κ2) is 9.43. The number of ether oxygens (including phenoxy) is 1. The van der Waals surface area contributed by atoms with Crippen molar-refractivity contribution < 1.29 is 13.9 Å². The van der Waals surface area contributed by atoms with Crippen LogP contribution in [0.4, 0.5) is 0 Å². The number of rotatable bonds is 7. The van der Waals surface area contributed by atoms with Gasteiger partial charge >= 0.3 is 0 Å². The first-order valence-corrected chi connectivity index (χ1v) is 9.72. The number of carbonyl (C=O) groups is 1. The number of halogens is 1. The van der Waals surface area contributed by atoms with Crippen LogP contribution >= 0.6 is 11.6 Å². The molecule has 1 heterocycles. The van der Waals surface area contributed by atoms with Crippen LogP contribution in [0.5, 0.6) is 5.75 Å². The minimum atomic E-state index is -0.352. The van der Waals surface area contributed by atoms with E-state index in [9.17, 15) is 4.79 Å². The smallest absolute Gasteiger partial charge is 0.277 e. The molecule has 0 bridgehead atoms. The summed E-state index contributed by atoms with van der Waals surface area (Å²) in [5.74, 6) is 1.80. The molecule has 3 rings (SSSR count). The van der Waals surface area contributed by atoms with E-state index in [2.05, 4.69) is 24.4 Å². The third kappa shape index (κ3) is 5.48. The minimum Gasteiger partial charge on any atom is -0.483 e. The molecule has 0 saturated carbocycles. The van der Waals surface area contributed by atoms with Gasteiger partial charge in [0.1, 0.15) is 17.3 Å². The highest BCUT2D eigenvalue weighted by atomic mass is 35.5. The molecule has 0 saturated heterocycles. The van der Waals surface area contributed by atoms with Gasteiger partial charge in [0.25, 0.3) is 5.91 Å². The lowest BCUT2D eigenvalue weighted by atomic mass is 10.0. The SMILES string of the molecule is Cc1ccc(C(C)C)c(OCC(=O)N/N=C/c2ccc(-c3ccccc3Cl)o2)c1. The van der Waals surface area contributed by atoms with Gasteiger partial charge in [-0.25, -0.2) is 5.43 Å². The first-order chi connectivity index (χ1) is 13.9. The number of aryl methyl sites for hydroxylation is 1. The van der Waals surface area contributed by atoms with Crippen LogP contribution < -0.4 is 10.2 Å². The Hall–Kier alpha value is -3.05. The van der Waals surface area contributed by atoms with Gasteiger partial charge in [-0.05, 0) is 54.3 Å². The maximum Gasteiger partial charge on any atom is 0.277 e. The van der Waals surface area contributed by atoms with E-state index in [0.29, 0.717) is 22.5 Å². The Morgan fingerprint density at radius 2 is 2.00 bits per heavy atom. The number of nitrogens with one attached hydrogen (secondary N) is 1. The van der Waals surface area contributed by atoms with E-state index in [1.54, 1.807) is 18.2 Å². The molecule has 1 amide bonds. The Morgan fingerprint density at radius 1 is 1.21 bits per heavy atom. The van der Waals surface area contributed by atoms with Crippen molar-refractivity contribution in [1.29, 1.82) is 0 Å². The Bertz CT molecular complexity index is 1020. The number of nitrogens with zero attached hydrogens (tertiary/aromatic N) is 1. The summed E-state index contributed by atoms with van der Waals surface area (Å²) in [6.45, 7) is 6.04. The molecule has 0 aliphatic rings. The molecule has 1 aromatic heterocycles. The van der Waals surface area contributed by atoms with Crippen molar-refractivity contribution in [3.63, 3.8) is 0 Å². The molecule has 3 aromatic rings. The second-order valence-corrected chi connectivity index (χ2v) is 7.37. The summed E-state index contributed by atoms with van der Waals surface area (Å²) in [6, 6.07) is 17.0. The molecule has 2 aromatic carbocycles. The molecular formula is C23H23ClN2O3. The van der Waals surface area contributed by atoms with Gasteiger partial charge in [-0.15, -0.1) is 0 Å². The fourth-order valence-corrected chi connectivity index (χ4v) is 3.04. The average molecular weight is 411 g/mol. The van der Waals surface area contributed by atoms with Gasteiger partial charge in [-0.2, -0.15) is 5.10 Å². The molecule has 150 valence electrons. The van der Waals surface area contributed by atoms with E-state index < -0.39 is 0 Å². The third-order valence-electron chi connectivity index (χ3n) is 4.30. The minimum absolute atomic E-state index is 0.121. The van der Waals surface area contributed by atoms with E-state index in [0.717, 1.165) is 22.4 Å². The van der Waals surface area contributed by atoms with Crippen LogP contribution in [-0.4, -0.2) is 18.7 Å². The lowest BCUT2D eigenvalue weighted by Crippen LogP contribution is -2.24. The summed E-state index contributed by atoms with van der Waals surface area (Å²) in [7, 11) is 0. The number of furan rings is 1. The van der Waals surface area contributed by atoms with Crippen LogP contribution in [0.15, 0.2) is 64.1 Å². The van der Waals surface area contributed by atoms with Crippen molar-refractivity contribution in [2.75, 3.05) is 6.61 Å². The topological polar surface area (TPSA) is 63.8 Å². The molecule has 1 N–H and O–H groups in total. The van der Waals surface area contributed by atoms with Gasteiger partial charge in [0.05, 0.1) is 11.2 Å². The number of benzene rings is 2. The Labute approximate surface area is 175 Å². The van der Waals surface area contributed by atoms with E-state index >= 15 is 0 Å². The summed E-state index contributed by atoms with van der Waals surface area (Å²) in [4.78, 5) is 12.0. The molecule has 0 fully saturated rings. The number of hydrogen-bond acceptors (Lipinski definition) is 4. The molecule has 0 spiro atoms. The van der Waals surface area contributed by atoms with Crippen LogP contribution in [0, 0.1) is 6.92 Å². The van der Waals surface area contributed by atoms with Gasteiger partial charge < -0.3 is 9.15 Å². The van der Waals surface area contributed by atoms with Crippen LogP contribution in [0.25, 0.3) is 11.3 Å². The molecule has 6 heteroatoms. The Morgan fingerprint density at radius 3 is 2.76 bits per heavy atom. The number of carbonyl (C=O) groups excluding carboxylic acids is 1. The number of hydrogen-bond donors (Lipinski definition) is 1. The van der Waals surface area contributed by atoms with Gasteiger partial charge in [-0.3, -0.25) is 4.79 Å². The predicted molar refractivity (Wildman–Crippen MR) is 116 cm³/mol. The summed E-state index contributed by atoms with van der Waals surface area (Å²) in [5, 5.41) is 4.53. The van der Waals surface area contributed by atoms with Crippen molar-refractivity contribution in [1.82, 2.24) is 5.43 Å². The summed E-state index contributed by atoms with van der Waals surface area (Å²) in [5.41, 5.74) is 5.38. The molecule has 29 heavy (non-hydrogen) atoms. The monoisotopic (exact) mass is 410 g/mol. The van der Waals surface area contributed by atoms with E-state index in [1.807, 2.05) is 43.3 Å². The molecule has 0 radical (unpaired) electrons. The van der Waals surface area contributed by atoms with Crippen molar-refractivity contribution in [2.45, 2.75) is 26.7 Å². The fourth-order valence-electron chi connectivity index (χ4n) is 2.82. The van der Waals surface area contributed by atoms with Crippen LogP contribution in [0.1, 0.15) is 36.7 Å². The fraction of sp³-hybridized carbons (Fsp3) is 0.217. The van der Waals surface area contributed by atoms with Gasteiger partial charge in [0.15, 0.2) is 6.61 Å². The van der Waals surface area contributed by atoms with Crippen LogP contribution in [0.3, 0.4) is 0 Å². The summed E-state index contributed by atoms with van der Waals surface area (Å²) >= 11 is 6.17. The highest BCUT2D eigenvalue weighted by Gasteiger charge is 2.10. The zero-order chi connectivity index (χ0) is 20.8. The predicted octanol–water partition coefficient (Wildman–Crippen LogP) is 5.56. The maximum absolute atomic E-state index is 12.0. The van der Waals surface area contributed by atoms with E-state index in [4.69, 9.17) is 20.8 Å². The maximum atomic E-state index is 12.0. The highest BCUT2D eigenvalue weighted by molar-refractivity contribution is 6.33.